The van der Waals surface area contributed by atoms with Crippen LogP contribution in [-0.4, -0.2) is 22.6 Å². The van der Waals surface area contributed by atoms with E-state index in [2.05, 4.69) is 23.3 Å². The van der Waals surface area contributed by atoms with E-state index in [1.807, 2.05) is 19.1 Å². The van der Waals surface area contributed by atoms with Gasteiger partial charge in [0.25, 0.3) is 5.91 Å². The molecule has 1 aromatic rings. The number of pyridine rings is 1. The van der Waals surface area contributed by atoms with E-state index in [9.17, 15) is 9.18 Å². The molecule has 1 aromatic heterocycles. The van der Waals surface area contributed by atoms with Gasteiger partial charge in [0.15, 0.2) is 11.6 Å². The van der Waals surface area contributed by atoms with Crippen molar-refractivity contribution in [1.29, 1.82) is 0 Å². The van der Waals surface area contributed by atoms with Crippen LogP contribution in [-0.2, 0) is 0 Å². The molecule has 0 radical (unpaired) electrons. The van der Waals surface area contributed by atoms with Crippen LogP contribution in [0, 0.1) is 5.82 Å². The van der Waals surface area contributed by atoms with E-state index < -0.39 is 11.7 Å². The number of hydrogen-bond donors (Lipinski definition) is 3. The molecular formula is C18H20FN5O. The molecule has 2 heterocycles. The van der Waals surface area contributed by atoms with E-state index in [1.165, 1.54) is 5.57 Å². The summed E-state index contributed by atoms with van der Waals surface area (Å²) in [6, 6.07) is 1.10. The molecule has 1 aliphatic heterocycles. The maximum Gasteiger partial charge on any atom is 0.252 e. The van der Waals surface area contributed by atoms with Gasteiger partial charge in [0.05, 0.1) is 11.6 Å². The summed E-state index contributed by atoms with van der Waals surface area (Å²) in [5.41, 5.74) is 14.8. The van der Waals surface area contributed by atoms with Gasteiger partial charge in [0, 0.05) is 17.0 Å². The number of aliphatic imine (C=N–C) groups is 1. The number of primary amides is 1. The molecule has 2 aliphatic rings. The summed E-state index contributed by atoms with van der Waals surface area (Å²) in [6.07, 6.45) is 7.45. The lowest BCUT2D eigenvalue weighted by Gasteiger charge is -2.16. The van der Waals surface area contributed by atoms with E-state index in [0.29, 0.717) is 0 Å². The van der Waals surface area contributed by atoms with Crippen LogP contribution in [0.3, 0.4) is 0 Å². The molecule has 0 aromatic carbocycles. The maximum absolute atomic E-state index is 13.7. The average Bonchev–Trinajstić information content (AvgIpc) is 2.74. The number of nitrogens with one attached hydrogen (secondary N) is 1. The first kappa shape index (κ1) is 16.9. The average molecular weight is 341 g/mol. The Bertz CT molecular complexity index is 866. The fourth-order valence-electron chi connectivity index (χ4n) is 3.10. The van der Waals surface area contributed by atoms with Gasteiger partial charge in [-0.2, -0.15) is 0 Å². The van der Waals surface area contributed by atoms with Gasteiger partial charge in [0.1, 0.15) is 5.82 Å². The first-order chi connectivity index (χ1) is 11.9. The second-order valence-corrected chi connectivity index (χ2v) is 5.96. The predicted octanol–water partition coefficient (Wildman–Crippen LogP) is 2.71. The van der Waals surface area contributed by atoms with Crippen molar-refractivity contribution in [2.75, 3.05) is 11.1 Å². The van der Waals surface area contributed by atoms with E-state index >= 15 is 0 Å². The largest absolute Gasteiger partial charge is 0.381 e. The van der Waals surface area contributed by atoms with Gasteiger partial charge in [-0.05, 0) is 37.5 Å². The highest BCUT2D eigenvalue weighted by atomic mass is 19.1. The first-order valence-corrected chi connectivity index (χ1v) is 8.12. The molecule has 0 saturated heterocycles. The molecule has 1 unspecified atom stereocenters. The zero-order valence-corrected chi connectivity index (χ0v) is 14.1. The Morgan fingerprint density at radius 3 is 2.92 bits per heavy atom. The Hall–Kier alpha value is -2.96. The van der Waals surface area contributed by atoms with Crippen LogP contribution in [0.5, 0.6) is 0 Å². The number of rotatable bonds is 4. The number of nitrogens with two attached hydrogens (primary N) is 2. The van der Waals surface area contributed by atoms with Crippen LogP contribution in [0.4, 0.5) is 16.0 Å². The van der Waals surface area contributed by atoms with Crippen molar-refractivity contribution >= 4 is 23.3 Å². The maximum atomic E-state index is 13.7. The molecule has 0 fully saturated rings. The van der Waals surface area contributed by atoms with Crippen molar-refractivity contribution in [3.63, 3.8) is 0 Å². The summed E-state index contributed by atoms with van der Waals surface area (Å²) in [4.78, 5) is 20.3. The van der Waals surface area contributed by atoms with Crippen molar-refractivity contribution in [2.45, 2.75) is 32.7 Å². The fourth-order valence-corrected chi connectivity index (χ4v) is 3.10. The number of halogens is 1. The van der Waals surface area contributed by atoms with Gasteiger partial charge in [-0.15, -0.1) is 0 Å². The van der Waals surface area contributed by atoms with Crippen molar-refractivity contribution in [3.8, 4) is 0 Å². The lowest BCUT2D eigenvalue weighted by atomic mass is 9.97. The Labute approximate surface area is 145 Å². The molecule has 5 N–H and O–H groups in total. The Morgan fingerprint density at radius 2 is 2.24 bits per heavy atom. The van der Waals surface area contributed by atoms with E-state index in [-0.39, 0.29) is 23.2 Å². The predicted molar refractivity (Wildman–Crippen MR) is 96.8 cm³/mol. The summed E-state index contributed by atoms with van der Waals surface area (Å²) >= 11 is 0. The number of nitrogens with zero attached hydrogens (tertiary/aromatic N) is 2. The van der Waals surface area contributed by atoms with Gasteiger partial charge < -0.3 is 16.8 Å². The molecule has 6 nitrogen and oxygen atoms in total. The minimum absolute atomic E-state index is 0.0518. The number of hydrogen-bond acceptors (Lipinski definition) is 5. The van der Waals surface area contributed by atoms with Crippen LogP contribution in [0.25, 0.3) is 0 Å². The number of allylic oxidation sites excluding steroid dienone is 4. The number of amides is 1. The summed E-state index contributed by atoms with van der Waals surface area (Å²) in [5.74, 6) is -1.72. The third-order valence-electron chi connectivity index (χ3n) is 4.33. The lowest BCUT2D eigenvalue weighted by Crippen LogP contribution is -2.18. The molecule has 0 bridgehead atoms. The molecular weight excluding hydrogens is 321 g/mol. The Morgan fingerprint density at radius 1 is 1.48 bits per heavy atom. The second-order valence-electron chi connectivity index (χ2n) is 5.96. The van der Waals surface area contributed by atoms with Crippen molar-refractivity contribution in [3.05, 3.63) is 52.5 Å². The Balaban J connectivity index is 2.07. The smallest absolute Gasteiger partial charge is 0.252 e. The normalized spacial score (nSPS) is 19.2. The zero-order chi connectivity index (χ0) is 18.1. The van der Waals surface area contributed by atoms with Crippen LogP contribution < -0.4 is 16.8 Å². The molecule has 0 saturated carbocycles. The number of carbonyl (C=O) groups excluding carboxylic acids is 1. The molecule has 25 heavy (non-hydrogen) atoms. The lowest BCUT2D eigenvalue weighted by molar-refractivity contribution is 0.100. The highest BCUT2D eigenvalue weighted by molar-refractivity contribution is 6.08. The second kappa shape index (κ2) is 6.51. The van der Waals surface area contributed by atoms with Crippen molar-refractivity contribution in [2.24, 2.45) is 10.7 Å². The minimum atomic E-state index is -0.781. The van der Waals surface area contributed by atoms with Crippen LogP contribution >= 0.6 is 0 Å². The van der Waals surface area contributed by atoms with Crippen LogP contribution in [0.2, 0.25) is 0 Å². The summed E-state index contributed by atoms with van der Waals surface area (Å²) in [6.45, 7) is 4.10. The third kappa shape index (κ3) is 3.05. The molecule has 7 heteroatoms. The Kier molecular flexibility index (Phi) is 4.39. The molecule has 1 atom stereocenters. The van der Waals surface area contributed by atoms with Crippen molar-refractivity contribution < 1.29 is 9.18 Å². The number of anilines is 2. The molecule has 130 valence electrons. The minimum Gasteiger partial charge on any atom is -0.381 e. The number of carbonyl (C=O) groups is 1. The van der Waals surface area contributed by atoms with E-state index in [4.69, 9.17) is 16.5 Å². The topological polar surface area (TPSA) is 106 Å². The summed E-state index contributed by atoms with van der Waals surface area (Å²) in [5, 5.41) is 3.11. The quantitative estimate of drug-likeness (QED) is 0.782. The number of nitrogen functional groups attached to an aromatic ring is 1. The zero-order valence-electron chi connectivity index (χ0n) is 14.1. The van der Waals surface area contributed by atoms with E-state index in [1.54, 1.807) is 0 Å². The molecule has 3 rings (SSSR count). The van der Waals surface area contributed by atoms with Crippen LogP contribution in [0.15, 0.2) is 46.1 Å². The number of aromatic nitrogens is 1. The highest BCUT2D eigenvalue weighted by Gasteiger charge is 2.27. The first-order valence-electron chi connectivity index (χ1n) is 8.12. The van der Waals surface area contributed by atoms with Gasteiger partial charge in [-0.3, -0.25) is 9.79 Å². The van der Waals surface area contributed by atoms with Gasteiger partial charge in [-0.1, -0.05) is 19.1 Å². The highest BCUT2D eigenvalue weighted by Crippen LogP contribution is 2.34. The standard InChI is InChI=1S/C18H20FN5O/c1-3-13-15-10(9(2)22-13)6-4-5-7-14(15)23-18-11(17(21)25)8-12(19)16(20)24-18/h4-5,7-9H,3,6H2,1-2H3,(H2,21,25)(H3,20,23,24). The van der Waals surface area contributed by atoms with Gasteiger partial charge in [0.2, 0.25) is 0 Å². The summed E-state index contributed by atoms with van der Waals surface area (Å²) in [7, 11) is 0. The van der Waals surface area contributed by atoms with Gasteiger partial charge >= 0.3 is 0 Å². The summed E-state index contributed by atoms with van der Waals surface area (Å²) < 4.78 is 13.7. The molecule has 1 aliphatic carbocycles. The molecule has 0 spiro atoms. The van der Waals surface area contributed by atoms with Gasteiger partial charge in [-0.25, -0.2) is 9.37 Å². The monoisotopic (exact) mass is 341 g/mol. The van der Waals surface area contributed by atoms with E-state index in [0.717, 1.165) is 35.9 Å². The van der Waals surface area contributed by atoms with Crippen LogP contribution in [0.1, 0.15) is 37.0 Å². The van der Waals surface area contributed by atoms with Crippen molar-refractivity contribution in [1.82, 2.24) is 4.98 Å². The third-order valence-corrected chi connectivity index (χ3v) is 4.33. The fraction of sp³-hybridized carbons (Fsp3) is 0.278. The SMILES string of the molecule is CCC1=NC(C)C2=C1C(Nc1nc(N)c(F)cc1C(N)=O)=CC=CC2. The molecule has 1 amide bonds.